The van der Waals surface area contributed by atoms with Crippen molar-refractivity contribution < 1.29 is 14.0 Å². The van der Waals surface area contributed by atoms with Crippen molar-refractivity contribution in [3.8, 4) is 22.9 Å². The van der Waals surface area contributed by atoms with E-state index in [4.69, 9.17) is 14.0 Å². The minimum Gasteiger partial charge on any atom is -0.454 e. The molecule has 0 saturated carbocycles. The summed E-state index contributed by atoms with van der Waals surface area (Å²) in [5, 5.41) is 4.92. The molecule has 24 heavy (non-hydrogen) atoms. The van der Waals surface area contributed by atoms with Gasteiger partial charge in [0.25, 0.3) is 0 Å². The number of benzene rings is 1. The maximum absolute atomic E-state index is 5.37. The largest absolute Gasteiger partial charge is 0.454 e. The molecule has 8 heteroatoms. The van der Waals surface area contributed by atoms with Crippen molar-refractivity contribution in [2.45, 2.75) is 24.6 Å². The number of aromatic nitrogens is 4. The number of nitrogens with zero attached hydrogens (tertiary/aromatic N) is 4. The van der Waals surface area contributed by atoms with Crippen molar-refractivity contribution in [1.82, 2.24) is 20.1 Å². The molecule has 0 unspecified atom stereocenters. The third-order valence-electron chi connectivity index (χ3n) is 3.38. The summed E-state index contributed by atoms with van der Waals surface area (Å²) in [6.45, 7) is 4.06. The van der Waals surface area contributed by atoms with Crippen LogP contribution in [0.5, 0.6) is 11.5 Å². The zero-order valence-electron chi connectivity index (χ0n) is 13.1. The van der Waals surface area contributed by atoms with Gasteiger partial charge in [0.1, 0.15) is 10.9 Å². The Balaban J connectivity index is 1.48. The van der Waals surface area contributed by atoms with Gasteiger partial charge in [0.2, 0.25) is 18.5 Å². The highest BCUT2D eigenvalue weighted by Crippen LogP contribution is 2.35. The number of hydrogen-bond acceptors (Lipinski definition) is 8. The van der Waals surface area contributed by atoms with Gasteiger partial charge in [0.05, 0.1) is 5.75 Å². The van der Waals surface area contributed by atoms with Crippen LogP contribution in [0.15, 0.2) is 33.8 Å². The predicted molar refractivity (Wildman–Crippen MR) is 86.9 cm³/mol. The molecule has 4 rings (SSSR count). The van der Waals surface area contributed by atoms with Gasteiger partial charge in [-0.25, -0.2) is 9.97 Å². The van der Waals surface area contributed by atoms with Gasteiger partial charge in [-0.2, -0.15) is 4.98 Å². The van der Waals surface area contributed by atoms with E-state index in [1.165, 1.54) is 11.8 Å². The summed E-state index contributed by atoms with van der Waals surface area (Å²) in [7, 11) is 0. The maximum atomic E-state index is 5.37. The van der Waals surface area contributed by atoms with Crippen molar-refractivity contribution in [1.29, 1.82) is 0 Å². The number of rotatable bonds is 4. The van der Waals surface area contributed by atoms with Crippen molar-refractivity contribution in [2.75, 3.05) is 6.79 Å². The molecular formula is C16H14N4O3S. The summed E-state index contributed by atoms with van der Waals surface area (Å²) in [5.74, 6) is 3.80. The first-order valence-electron chi connectivity index (χ1n) is 7.35. The lowest BCUT2D eigenvalue weighted by atomic mass is 10.2. The van der Waals surface area contributed by atoms with Gasteiger partial charge in [-0.05, 0) is 38.1 Å². The van der Waals surface area contributed by atoms with Gasteiger partial charge < -0.3 is 14.0 Å². The Morgan fingerprint density at radius 3 is 2.79 bits per heavy atom. The van der Waals surface area contributed by atoms with Gasteiger partial charge in [-0.15, -0.1) is 0 Å². The molecule has 0 amide bonds. The third-order valence-corrected chi connectivity index (χ3v) is 4.28. The van der Waals surface area contributed by atoms with Gasteiger partial charge in [-0.1, -0.05) is 16.9 Å². The highest BCUT2D eigenvalue weighted by atomic mass is 32.2. The van der Waals surface area contributed by atoms with Gasteiger partial charge in [0, 0.05) is 11.3 Å². The molecule has 3 heterocycles. The predicted octanol–water partition coefficient (Wildman–Crippen LogP) is 3.16. The van der Waals surface area contributed by atoms with Crippen LogP contribution < -0.4 is 9.47 Å². The monoisotopic (exact) mass is 342 g/mol. The lowest BCUT2D eigenvalue weighted by molar-refractivity contribution is 0.174. The second kappa shape index (κ2) is 6.12. The van der Waals surface area contributed by atoms with Crippen LogP contribution >= 0.6 is 11.8 Å². The SMILES string of the molecule is Cc1cc(SCc2nc(-c3ccc4c(c3)OCO4)no2)nc(C)n1. The highest BCUT2D eigenvalue weighted by Gasteiger charge is 2.16. The molecule has 0 spiro atoms. The summed E-state index contributed by atoms with van der Waals surface area (Å²) >= 11 is 1.54. The van der Waals surface area contributed by atoms with Crippen LogP contribution in [0.3, 0.4) is 0 Å². The summed E-state index contributed by atoms with van der Waals surface area (Å²) in [6.07, 6.45) is 0. The molecule has 1 aromatic carbocycles. The zero-order valence-corrected chi connectivity index (χ0v) is 14.0. The van der Waals surface area contributed by atoms with E-state index in [1.807, 2.05) is 38.1 Å². The molecule has 3 aromatic rings. The molecule has 7 nitrogen and oxygen atoms in total. The fourth-order valence-corrected chi connectivity index (χ4v) is 3.20. The van der Waals surface area contributed by atoms with E-state index in [0.717, 1.165) is 27.9 Å². The van der Waals surface area contributed by atoms with E-state index in [0.29, 0.717) is 23.2 Å². The van der Waals surface area contributed by atoms with Crippen molar-refractivity contribution in [2.24, 2.45) is 0 Å². The fourth-order valence-electron chi connectivity index (χ4n) is 2.36. The molecule has 1 aliphatic rings. The second-order valence-electron chi connectivity index (χ2n) is 5.26. The average Bonchev–Trinajstić information content (AvgIpc) is 3.20. The molecule has 1 aliphatic heterocycles. The number of fused-ring (bicyclic) bond motifs is 1. The summed E-state index contributed by atoms with van der Waals surface area (Å²) < 4.78 is 16.0. The molecule has 0 radical (unpaired) electrons. The van der Waals surface area contributed by atoms with E-state index in [2.05, 4.69) is 20.1 Å². The smallest absolute Gasteiger partial charge is 0.237 e. The minimum atomic E-state index is 0.241. The van der Waals surface area contributed by atoms with E-state index in [1.54, 1.807) is 0 Å². The Morgan fingerprint density at radius 1 is 1.04 bits per heavy atom. The zero-order chi connectivity index (χ0) is 16.5. The minimum absolute atomic E-state index is 0.241. The maximum Gasteiger partial charge on any atom is 0.237 e. The summed E-state index contributed by atoms with van der Waals surface area (Å²) in [5.41, 5.74) is 1.77. The first kappa shape index (κ1) is 14.9. The Kier molecular flexibility index (Phi) is 3.81. The van der Waals surface area contributed by atoms with E-state index in [9.17, 15) is 0 Å². The number of hydrogen-bond donors (Lipinski definition) is 0. The summed E-state index contributed by atoms with van der Waals surface area (Å²) in [4.78, 5) is 13.1. The quantitative estimate of drug-likeness (QED) is 0.528. The Hall–Kier alpha value is -2.61. The lowest BCUT2D eigenvalue weighted by Gasteiger charge is -2.00. The van der Waals surface area contributed by atoms with Crippen LogP contribution in [0, 0.1) is 13.8 Å². The van der Waals surface area contributed by atoms with Crippen LogP contribution in [-0.4, -0.2) is 26.9 Å². The second-order valence-corrected chi connectivity index (χ2v) is 6.26. The normalized spacial score (nSPS) is 12.6. The van der Waals surface area contributed by atoms with E-state index in [-0.39, 0.29) is 6.79 Å². The third kappa shape index (κ3) is 3.05. The highest BCUT2D eigenvalue weighted by molar-refractivity contribution is 7.98. The van der Waals surface area contributed by atoms with E-state index < -0.39 is 0 Å². The molecule has 0 saturated heterocycles. The lowest BCUT2D eigenvalue weighted by Crippen LogP contribution is -1.93. The van der Waals surface area contributed by atoms with Crippen LogP contribution in [0.2, 0.25) is 0 Å². The number of aryl methyl sites for hydroxylation is 2. The number of thioether (sulfide) groups is 1. The van der Waals surface area contributed by atoms with Crippen LogP contribution in [-0.2, 0) is 5.75 Å². The Labute approximate surface area is 142 Å². The van der Waals surface area contributed by atoms with Crippen molar-refractivity contribution in [3.05, 3.63) is 41.7 Å². The first-order chi connectivity index (χ1) is 11.7. The van der Waals surface area contributed by atoms with Gasteiger partial charge in [0.15, 0.2) is 11.5 Å². The van der Waals surface area contributed by atoms with Crippen molar-refractivity contribution in [3.63, 3.8) is 0 Å². The molecule has 0 fully saturated rings. The molecule has 122 valence electrons. The number of ether oxygens (including phenoxy) is 2. The van der Waals surface area contributed by atoms with Crippen molar-refractivity contribution >= 4 is 11.8 Å². The van der Waals surface area contributed by atoms with Crippen LogP contribution in [0.1, 0.15) is 17.4 Å². The average molecular weight is 342 g/mol. The standard InChI is InChI=1S/C16H14N4O3S/c1-9-5-15(18-10(2)17-9)24-7-14-19-16(20-23-14)11-3-4-12-13(6-11)22-8-21-12/h3-6H,7-8H2,1-2H3. The van der Waals surface area contributed by atoms with Crippen LogP contribution in [0.25, 0.3) is 11.4 Å². The summed E-state index contributed by atoms with van der Waals surface area (Å²) in [6, 6.07) is 7.51. The van der Waals surface area contributed by atoms with E-state index >= 15 is 0 Å². The van der Waals surface area contributed by atoms with Gasteiger partial charge in [-0.3, -0.25) is 0 Å². The first-order valence-corrected chi connectivity index (χ1v) is 8.33. The molecular weight excluding hydrogens is 328 g/mol. The van der Waals surface area contributed by atoms with Gasteiger partial charge >= 0.3 is 0 Å². The Bertz CT molecular complexity index is 877. The Morgan fingerprint density at radius 2 is 1.92 bits per heavy atom. The molecule has 0 N–H and O–H groups in total. The molecule has 0 bridgehead atoms. The van der Waals surface area contributed by atoms with Crippen LogP contribution in [0.4, 0.5) is 0 Å². The topological polar surface area (TPSA) is 83.2 Å². The molecule has 0 atom stereocenters. The molecule has 0 aliphatic carbocycles. The fraction of sp³-hybridized carbons (Fsp3) is 0.250. The molecule has 2 aromatic heterocycles.